The van der Waals surface area contributed by atoms with Gasteiger partial charge in [-0.3, -0.25) is 0 Å². The van der Waals surface area contributed by atoms with Crippen molar-refractivity contribution in [3.8, 4) is 5.75 Å². The van der Waals surface area contributed by atoms with Crippen molar-refractivity contribution in [1.29, 1.82) is 0 Å². The maximum Gasteiger partial charge on any atom is 0.527 e. The van der Waals surface area contributed by atoms with E-state index < -0.39 is 42.3 Å². The molecule has 0 unspecified atom stereocenters. The highest BCUT2D eigenvalue weighted by atomic mass is 35.5. The summed E-state index contributed by atoms with van der Waals surface area (Å²) in [7, 11) is 0. The van der Waals surface area contributed by atoms with Crippen molar-refractivity contribution in [1.82, 2.24) is 0 Å². The topological polar surface area (TPSA) is 27.7 Å². The molecule has 154 valence electrons. The van der Waals surface area contributed by atoms with Gasteiger partial charge in [0.1, 0.15) is 5.75 Å². The number of hydrogen-bond acceptors (Lipinski definition) is 3. The average Bonchev–Trinajstić information content (AvgIpc) is 2.46. The molecular formula is C12H4ClF11O3. The zero-order chi connectivity index (χ0) is 21.3. The molecule has 0 fully saturated rings. The van der Waals surface area contributed by atoms with Crippen LogP contribution in [0.4, 0.5) is 48.3 Å². The second kappa shape index (κ2) is 7.58. The molecule has 0 aliphatic heterocycles. The highest BCUT2D eigenvalue weighted by Crippen LogP contribution is 2.49. The van der Waals surface area contributed by atoms with Crippen molar-refractivity contribution in [2.45, 2.75) is 24.5 Å². The van der Waals surface area contributed by atoms with Crippen LogP contribution in [-0.2, 0) is 9.47 Å². The van der Waals surface area contributed by atoms with Crippen LogP contribution in [0.5, 0.6) is 5.75 Å². The largest absolute Gasteiger partial charge is 0.527 e. The summed E-state index contributed by atoms with van der Waals surface area (Å²) in [6.45, 7) is 0. The summed E-state index contributed by atoms with van der Waals surface area (Å²) in [4.78, 5) is 0. The molecular weight excluding hydrogens is 437 g/mol. The fraction of sp³-hybridized carbons (Fsp3) is 0.333. The van der Waals surface area contributed by atoms with E-state index in [1.807, 2.05) is 0 Å². The van der Waals surface area contributed by atoms with Crippen molar-refractivity contribution in [3.63, 3.8) is 0 Å². The summed E-state index contributed by atoms with van der Waals surface area (Å²) < 4.78 is 147. The van der Waals surface area contributed by atoms with Gasteiger partial charge in [-0.15, -0.1) is 13.2 Å². The molecule has 0 atom stereocenters. The molecule has 27 heavy (non-hydrogen) atoms. The fourth-order valence-electron chi connectivity index (χ4n) is 1.24. The number of benzene rings is 1. The Bertz CT molecular complexity index is 685. The van der Waals surface area contributed by atoms with Crippen LogP contribution in [-0.4, -0.2) is 24.5 Å². The summed E-state index contributed by atoms with van der Waals surface area (Å²) in [5.41, 5.74) is 0. The van der Waals surface area contributed by atoms with E-state index >= 15 is 0 Å². The van der Waals surface area contributed by atoms with Gasteiger partial charge in [0, 0.05) is 5.02 Å². The van der Waals surface area contributed by atoms with Crippen molar-refractivity contribution >= 4 is 11.6 Å². The molecule has 0 saturated carbocycles. The van der Waals surface area contributed by atoms with Crippen molar-refractivity contribution in [2.24, 2.45) is 0 Å². The van der Waals surface area contributed by atoms with Crippen molar-refractivity contribution < 1.29 is 62.5 Å². The maximum absolute atomic E-state index is 13.2. The number of halogens is 12. The van der Waals surface area contributed by atoms with E-state index in [9.17, 15) is 48.3 Å². The van der Waals surface area contributed by atoms with E-state index in [0.29, 0.717) is 0 Å². The molecule has 1 aromatic carbocycles. The SMILES string of the molecule is F/C(Oc1ccc(Cl)cc1)=C(/F)OC(F)(F)C(F)(F)C(F)(F)OC(F)(F)F. The highest BCUT2D eigenvalue weighted by molar-refractivity contribution is 6.30. The monoisotopic (exact) mass is 440 g/mol. The lowest BCUT2D eigenvalue weighted by Crippen LogP contribution is -2.57. The van der Waals surface area contributed by atoms with Gasteiger partial charge >= 0.3 is 36.5 Å². The minimum atomic E-state index is -7.08. The van der Waals surface area contributed by atoms with E-state index in [1.165, 1.54) is 0 Å². The number of ether oxygens (including phenoxy) is 3. The van der Waals surface area contributed by atoms with E-state index in [1.54, 1.807) is 4.74 Å². The van der Waals surface area contributed by atoms with Gasteiger partial charge in [0.25, 0.3) is 0 Å². The Balaban J connectivity index is 3.03. The summed E-state index contributed by atoms with van der Waals surface area (Å²) in [5.74, 6) is -7.69. The third-order valence-electron chi connectivity index (χ3n) is 2.37. The van der Waals surface area contributed by atoms with Crippen molar-refractivity contribution in [2.75, 3.05) is 0 Å². The number of rotatable bonds is 7. The lowest BCUT2D eigenvalue weighted by Gasteiger charge is -2.31. The number of hydrogen-bond donors (Lipinski definition) is 0. The molecule has 0 heterocycles. The Morgan fingerprint density at radius 3 is 1.67 bits per heavy atom. The van der Waals surface area contributed by atoms with Gasteiger partial charge in [0.2, 0.25) is 0 Å². The fourth-order valence-corrected chi connectivity index (χ4v) is 1.37. The van der Waals surface area contributed by atoms with Crippen LogP contribution in [0.25, 0.3) is 0 Å². The van der Waals surface area contributed by atoms with Crippen LogP contribution in [0, 0.1) is 0 Å². The molecule has 0 spiro atoms. The minimum absolute atomic E-state index is 0.0709. The smallest absolute Gasteiger partial charge is 0.427 e. The van der Waals surface area contributed by atoms with Gasteiger partial charge in [0.05, 0.1) is 0 Å². The van der Waals surface area contributed by atoms with E-state index in [0.717, 1.165) is 24.3 Å². The van der Waals surface area contributed by atoms with E-state index in [-0.39, 0.29) is 5.02 Å². The van der Waals surface area contributed by atoms with Gasteiger partial charge in [-0.1, -0.05) is 11.6 Å². The Labute approximate surface area is 146 Å². The summed E-state index contributed by atoms with van der Waals surface area (Å²) in [5, 5.41) is 0.0709. The standard InChI is InChI=1S/C12H4ClF11O3/c13-5-1-3-6(4-2-5)25-7(14)8(15)26-10(18,19)9(16,17)11(20,21)27-12(22,23)24/h1-4H/b8-7+. The molecule has 1 aromatic rings. The van der Waals surface area contributed by atoms with E-state index in [2.05, 4.69) is 9.47 Å². The van der Waals surface area contributed by atoms with Crippen LogP contribution in [0.15, 0.2) is 36.3 Å². The van der Waals surface area contributed by atoms with Crippen molar-refractivity contribution in [3.05, 3.63) is 41.3 Å². The van der Waals surface area contributed by atoms with Crippen LogP contribution in [0.1, 0.15) is 0 Å². The molecule has 0 saturated heterocycles. The first-order chi connectivity index (χ1) is 12.0. The molecule has 1 rings (SSSR count). The Kier molecular flexibility index (Phi) is 6.48. The predicted molar refractivity (Wildman–Crippen MR) is 64.4 cm³/mol. The van der Waals surface area contributed by atoms with Crippen LogP contribution in [0.2, 0.25) is 5.02 Å². The first-order valence-electron chi connectivity index (χ1n) is 6.06. The molecule has 0 radical (unpaired) electrons. The van der Waals surface area contributed by atoms with Crippen LogP contribution >= 0.6 is 11.6 Å². The minimum Gasteiger partial charge on any atom is -0.427 e. The van der Waals surface area contributed by atoms with Gasteiger partial charge in [-0.2, -0.15) is 35.1 Å². The molecule has 0 amide bonds. The Morgan fingerprint density at radius 1 is 0.741 bits per heavy atom. The second-order valence-electron chi connectivity index (χ2n) is 4.36. The van der Waals surface area contributed by atoms with Crippen LogP contribution in [0.3, 0.4) is 0 Å². The zero-order valence-corrected chi connectivity index (χ0v) is 12.8. The number of alkyl halides is 9. The molecule has 3 nitrogen and oxygen atoms in total. The molecule has 0 N–H and O–H groups in total. The van der Waals surface area contributed by atoms with Crippen LogP contribution < -0.4 is 4.74 Å². The van der Waals surface area contributed by atoms with Gasteiger partial charge in [-0.05, 0) is 24.3 Å². The Hall–Kier alpha value is -1.96. The summed E-state index contributed by atoms with van der Waals surface area (Å²) >= 11 is 5.43. The van der Waals surface area contributed by atoms with Gasteiger partial charge in [0.15, 0.2) is 0 Å². The van der Waals surface area contributed by atoms with E-state index in [4.69, 9.17) is 11.6 Å². The Morgan fingerprint density at radius 2 is 1.22 bits per heavy atom. The van der Waals surface area contributed by atoms with Gasteiger partial charge < -0.3 is 9.47 Å². The predicted octanol–water partition coefficient (Wildman–Crippen LogP) is 6.16. The zero-order valence-electron chi connectivity index (χ0n) is 12.1. The summed E-state index contributed by atoms with van der Waals surface area (Å²) in [6.07, 6.45) is -20.1. The lowest BCUT2D eigenvalue weighted by atomic mass is 10.3. The molecule has 0 aliphatic carbocycles. The second-order valence-corrected chi connectivity index (χ2v) is 4.80. The first kappa shape index (κ1) is 23.1. The lowest BCUT2D eigenvalue weighted by molar-refractivity contribution is -0.505. The normalized spacial score (nSPS) is 14.7. The molecule has 15 heteroatoms. The summed E-state index contributed by atoms with van der Waals surface area (Å²) in [6, 6.07) is -2.20. The third kappa shape index (κ3) is 5.76. The van der Waals surface area contributed by atoms with Gasteiger partial charge in [-0.25, -0.2) is 4.74 Å². The maximum atomic E-state index is 13.2. The third-order valence-corrected chi connectivity index (χ3v) is 2.62. The molecule has 0 aliphatic rings. The molecule has 0 aromatic heterocycles. The quantitative estimate of drug-likeness (QED) is 0.375. The highest BCUT2D eigenvalue weighted by Gasteiger charge is 2.78. The average molecular weight is 441 g/mol. The molecule has 0 bridgehead atoms. The first-order valence-corrected chi connectivity index (χ1v) is 6.44.